The summed E-state index contributed by atoms with van der Waals surface area (Å²) >= 11 is 1.82. The minimum absolute atomic E-state index is 0.818. The number of hydrogen-bond donors (Lipinski definition) is 1. The predicted molar refractivity (Wildman–Crippen MR) is 88.7 cm³/mol. The van der Waals surface area contributed by atoms with Gasteiger partial charge in [0.25, 0.3) is 0 Å². The molecule has 3 aromatic rings. The van der Waals surface area contributed by atoms with Crippen molar-refractivity contribution >= 4 is 17.4 Å². The molecular weight excluding hydrogens is 278 g/mol. The third-order valence-corrected chi connectivity index (χ3v) is 4.57. The van der Waals surface area contributed by atoms with E-state index in [9.17, 15) is 0 Å². The van der Waals surface area contributed by atoms with Crippen LogP contribution in [0.5, 0.6) is 0 Å². The van der Waals surface area contributed by atoms with Crippen molar-refractivity contribution in [3.63, 3.8) is 0 Å². The van der Waals surface area contributed by atoms with Crippen LogP contribution in [0.3, 0.4) is 0 Å². The predicted octanol–water partition coefficient (Wildman–Crippen LogP) is 4.06. The topological polar surface area (TPSA) is 43.8 Å². The van der Waals surface area contributed by atoms with Crippen molar-refractivity contribution in [1.82, 2.24) is 9.55 Å². The van der Waals surface area contributed by atoms with Gasteiger partial charge in [-0.15, -0.1) is 11.8 Å². The van der Waals surface area contributed by atoms with Gasteiger partial charge in [-0.05, 0) is 42.3 Å². The number of imidazole rings is 1. The maximum absolute atomic E-state index is 5.85. The van der Waals surface area contributed by atoms with E-state index in [-0.39, 0.29) is 0 Å². The minimum atomic E-state index is 0.818. The summed E-state index contributed by atoms with van der Waals surface area (Å²) in [5.41, 5.74) is 10.4. The zero-order valence-corrected chi connectivity index (χ0v) is 12.7. The molecule has 3 rings (SSSR count). The highest BCUT2D eigenvalue weighted by atomic mass is 32.2. The largest absolute Gasteiger partial charge is 0.399 e. The number of benzene rings is 2. The quantitative estimate of drug-likeness (QED) is 0.583. The SMILES string of the molecule is Cc1ccc(N)cc1SCc1ccc(-n2ccnc2)cc1. The number of nitrogen functional groups attached to an aromatic ring is 1. The van der Waals surface area contributed by atoms with Gasteiger partial charge in [0.05, 0.1) is 6.33 Å². The van der Waals surface area contributed by atoms with Crippen molar-refractivity contribution in [2.75, 3.05) is 5.73 Å². The van der Waals surface area contributed by atoms with Crippen LogP contribution in [0.2, 0.25) is 0 Å². The molecule has 2 N–H and O–H groups in total. The van der Waals surface area contributed by atoms with Gasteiger partial charge in [0.1, 0.15) is 0 Å². The van der Waals surface area contributed by atoms with Crippen molar-refractivity contribution in [3.8, 4) is 5.69 Å². The fraction of sp³-hybridized carbons (Fsp3) is 0.118. The fourth-order valence-electron chi connectivity index (χ4n) is 2.11. The first-order valence-corrected chi connectivity index (χ1v) is 7.77. The molecule has 2 aromatic carbocycles. The number of nitrogens with two attached hydrogens (primary N) is 1. The van der Waals surface area contributed by atoms with E-state index in [1.807, 2.05) is 34.7 Å². The standard InChI is InChI=1S/C17H17N3S/c1-13-2-5-15(18)10-17(13)21-11-14-3-6-16(7-4-14)20-9-8-19-12-20/h2-10,12H,11,18H2,1H3. The second-order valence-electron chi connectivity index (χ2n) is 4.95. The Morgan fingerprint density at radius 1 is 1.14 bits per heavy atom. The van der Waals surface area contributed by atoms with E-state index in [1.54, 1.807) is 12.5 Å². The van der Waals surface area contributed by atoms with E-state index in [0.29, 0.717) is 0 Å². The van der Waals surface area contributed by atoms with Crippen LogP contribution in [0.15, 0.2) is 66.1 Å². The number of rotatable bonds is 4. The molecule has 0 amide bonds. The average molecular weight is 295 g/mol. The highest BCUT2D eigenvalue weighted by molar-refractivity contribution is 7.98. The molecule has 0 spiro atoms. The first kappa shape index (κ1) is 13.8. The van der Waals surface area contributed by atoms with Crippen LogP contribution in [-0.2, 0) is 5.75 Å². The van der Waals surface area contributed by atoms with E-state index >= 15 is 0 Å². The zero-order valence-electron chi connectivity index (χ0n) is 11.9. The number of aromatic nitrogens is 2. The van der Waals surface area contributed by atoms with Crippen LogP contribution in [0.4, 0.5) is 5.69 Å². The van der Waals surface area contributed by atoms with Crippen LogP contribution < -0.4 is 5.73 Å². The molecule has 0 atom stereocenters. The van der Waals surface area contributed by atoms with E-state index < -0.39 is 0 Å². The highest BCUT2D eigenvalue weighted by Crippen LogP contribution is 2.28. The van der Waals surface area contributed by atoms with E-state index in [1.165, 1.54) is 16.0 Å². The van der Waals surface area contributed by atoms with Gasteiger partial charge in [-0.2, -0.15) is 0 Å². The lowest BCUT2D eigenvalue weighted by Gasteiger charge is -2.08. The van der Waals surface area contributed by atoms with Gasteiger partial charge in [0.2, 0.25) is 0 Å². The summed E-state index contributed by atoms with van der Waals surface area (Å²) in [5, 5.41) is 0. The Morgan fingerprint density at radius 2 is 1.95 bits per heavy atom. The zero-order chi connectivity index (χ0) is 14.7. The second kappa shape index (κ2) is 6.06. The molecule has 4 heteroatoms. The molecule has 0 saturated heterocycles. The van der Waals surface area contributed by atoms with Crippen LogP contribution >= 0.6 is 11.8 Å². The summed E-state index contributed by atoms with van der Waals surface area (Å²) in [6, 6.07) is 14.6. The van der Waals surface area contributed by atoms with Gasteiger partial charge < -0.3 is 10.3 Å². The monoisotopic (exact) mass is 295 g/mol. The molecule has 0 aliphatic carbocycles. The van der Waals surface area contributed by atoms with Crippen molar-refractivity contribution < 1.29 is 0 Å². The smallest absolute Gasteiger partial charge is 0.0991 e. The number of thioether (sulfide) groups is 1. The third kappa shape index (κ3) is 3.28. The molecule has 21 heavy (non-hydrogen) atoms. The van der Waals surface area contributed by atoms with Crippen molar-refractivity contribution in [3.05, 3.63) is 72.3 Å². The Labute approximate surface area is 128 Å². The molecule has 106 valence electrons. The fourth-order valence-corrected chi connectivity index (χ4v) is 3.14. The summed E-state index contributed by atoms with van der Waals surface area (Å²) in [5.74, 6) is 0.939. The number of anilines is 1. The van der Waals surface area contributed by atoms with Gasteiger partial charge in [0.15, 0.2) is 0 Å². The summed E-state index contributed by atoms with van der Waals surface area (Å²) < 4.78 is 2.00. The molecule has 0 saturated carbocycles. The Balaban J connectivity index is 1.70. The average Bonchev–Trinajstić information content (AvgIpc) is 3.03. The maximum Gasteiger partial charge on any atom is 0.0991 e. The molecule has 3 nitrogen and oxygen atoms in total. The molecule has 0 bridgehead atoms. The van der Waals surface area contributed by atoms with Gasteiger partial charge in [-0.1, -0.05) is 18.2 Å². The molecule has 0 aliphatic heterocycles. The van der Waals surface area contributed by atoms with Gasteiger partial charge in [-0.25, -0.2) is 4.98 Å². The molecule has 0 aliphatic rings. The van der Waals surface area contributed by atoms with Gasteiger partial charge in [0, 0.05) is 34.4 Å². The second-order valence-corrected chi connectivity index (χ2v) is 5.97. The van der Waals surface area contributed by atoms with E-state index in [0.717, 1.165) is 17.1 Å². The molecule has 0 radical (unpaired) electrons. The van der Waals surface area contributed by atoms with E-state index in [4.69, 9.17) is 5.73 Å². The normalized spacial score (nSPS) is 10.7. The first-order chi connectivity index (χ1) is 10.2. The van der Waals surface area contributed by atoms with Crippen molar-refractivity contribution in [1.29, 1.82) is 0 Å². The third-order valence-electron chi connectivity index (χ3n) is 3.35. The van der Waals surface area contributed by atoms with Crippen molar-refractivity contribution in [2.45, 2.75) is 17.6 Å². The minimum Gasteiger partial charge on any atom is -0.399 e. The Hall–Kier alpha value is -2.20. The lowest BCUT2D eigenvalue weighted by Crippen LogP contribution is -1.91. The lowest BCUT2D eigenvalue weighted by molar-refractivity contribution is 1.05. The van der Waals surface area contributed by atoms with Crippen LogP contribution in [-0.4, -0.2) is 9.55 Å². The molecular formula is C17H17N3S. The summed E-state index contributed by atoms with van der Waals surface area (Å²) in [7, 11) is 0. The molecule has 1 aromatic heterocycles. The number of nitrogens with zero attached hydrogens (tertiary/aromatic N) is 2. The Bertz CT molecular complexity index is 718. The van der Waals surface area contributed by atoms with Crippen molar-refractivity contribution in [2.24, 2.45) is 0 Å². The Kier molecular flexibility index (Phi) is 3.97. The lowest BCUT2D eigenvalue weighted by atomic mass is 10.2. The maximum atomic E-state index is 5.85. The molecule has 0 unspecified atom stereocenters. The number of aryl methyl sites for hydroxylation is 1. The highest BCUT2D eigenvalue weighted by Gasteiger charge is 2.02. The summed E-state index contributed by atoms with van der Waals surface area (Å²) in [4.78, 5) is 5.31. The van der Waals surface area contributed by atoms with E-state index in [2.05, 4.69) is 42.2 Å². The van der Waals surface area contributed by atoms with Gasteiger partial charge >= 0.3 is 0 Å². The summed E-state index contributed by atoms with van der Waals surface area (Å²) in [6.07, 6.45) is 5.53. The van der Waals surface area contributed by atoms with Crippen LogP contribution in [0.25, 0.3) is 5.69 Å². The number of hydrogen-bond acceptors (Lipinski definition) is 3. The van der Waals surface area contributed by atoms with Crippen LogP contribution in [0, 0.1) is 6.92 Å². The summed E-state index contributed by atoms with van der Waals surface area (Å²) in [6.45, 7) is 2.11. The molecule has 0 fully saturated rings. The Morgan fingerprint density at radius 3 is 2.67 bits per heavy atom. The van der Waals surface area contributed by atoms with Crippen LogP contribution in [0.1, 0.15) is 11.1 Å². The van der Waals surface area contributed by atoms with Gasteiger partial charge in [-0.3, -0.25) is 0 Å². The first-order valence-electron chi connectivity index (χ1n) is 6.78. The molecule has 1 heterocycles.